The molecule has 0 aliphatic rings. The number of ether oxygens (including phenoxy) is 1. The quantitative estimate of drug-likeness (QED) is 0.460. The number of carbonyl (C=O) groups excluding carboxylic acids is 1. The summed E-state index contributed by atoms with van der Waals surface area (Å²) in [5, 5.41) is 0. The molecule has 0 bridgehead atoms. The molecule has 0 amide bonds. The lowest BCUT2D eigenvalue weighted by molar-refractivity contribution is -0.905. The predicted octanol–water partition coefficient (Wildman–Crippen LogP) is 1.04. The van der Waals surface area contributed by atoms with E-state index < -0.39 is 0 Å². The minimum absolute atomic E-state index is 0.110. The highest BCUT2D eigenvalue weighted by atomic mass is 16.5. The average molecular weight is 174 g/mol. The van der Waals surface area contributed by atoms with E-state index in [-0.39, 0.29) is 5.97 Å². The molecule has 0 atom stereocenters. The van der Waals surface area contributed by atoms with E-state index in [2.05, 4.69) is 25.6 Å². The van der Waals surface area contributed by atoms with Crippen molar-refractivity contribution in [1.82, 2.24) is 0 Å². The summed E-state index contributed by atoms with van der Waals surface area (Å²) in [5.74, 6) is -0.110. The topological polar surface area (TPSA) is 26.3 Å². The molecule has 0 aromatic carbocycles. The molecule has 0 saturated heterocycles. The summed E-state index contributed by atoms with van der Waals surface area (Å²) in [7, 11) is 3.59. The molecule has 0 aliphatic heterocycles. The Kier molecular flexibility index (Phi) is 4.90. The zero-order valence-corrected chi connectivity index (χ0v) is 8.59. The van der Waals surface area contributed by atoms with Crippen LogP contribution in [0.25, 0.3) is 0 Å². The third-order valence-electron chi connectivity index (χ3n) is 2.61. The lowest BCUT2D eigenvalue weighted by atomic mass is 10.3. The molecule has 0 aromatic rings. The number of hydrogen-bond acceptors (Lipinski definition) is 2. The molecule has 3 heteroatoms. The fourth-order valence-corrected chi connectivity index (χ4v) is 1.00. The van der Waals surface area contributed by atoms with Crippen molar-refractivity contribution >= 4 is 5.97 Å². The van der Waals surface area contributed by atoms with Crippen LogP contribution in [-0.2, 0) is 9.53 Å². The van der Waals surface area contributed by atoms with Crippen LogP contribution in [0.15, 0.2) is 0 Å². The summed E-state index contributed by atoms with van der Waals surface area (Å²) in [6, 6.07) is 0. The second kappa shape index (κ2) is 5.14. The Bertz CT molecular complexity index is 141. The lowest BCUT2D eigenvalue weighted by Gasteiger charge is -2.31. The van der Waals surface area contributed by atoms with Crippen LogP contribution >= 0.6 is 0 Å². The first-order valence-corrected chi connectivity index (χ1v) is 4.48. The van der Waals surface area contributed by atoms with Gasteiger partial charge in [0.2, 0.25) is 0 Å². The highest BCUT2D eigenvalue weighted by molar-refractivity contribution is 5.69. The van der Waals surface area contributed by atoms with Crippen LogP contribution in [0.3, 0.4) is 0 Å². The Labute approximate surface area is 74.9 Å². The normalized spacial score (nSPS) is 11.3. The van der Waals surface area contributed by atoms with Gasteiger partial charge in [-0.15, -0.1) is 0 Å². The fourth-order valence-electron chi connectivity index (χ4n) is 1.00. The molecule has 0 radical (unpaired) electrons. The van der Waals surface area contributed by atoms with Gasteiger partial charge in [0.1, 0.15) is 0 Å². The van der Waals surface area contributed by atoms with Gasteiger partial charge in [-0.3, -0.25) is 4.79 Å². The minimum atomic E-state index is -0.110. The van der Waals surface area contributed by atoms with Crippen molar-refractivity contribution in [2.24, 2.45) is 0 Å². The molecule has 0 heterocycles. The highest BCUT2D eigenvalue weighted by Crippen LogP contribution is 2.02. The maximum absolute atomic E-state index is 10.9. The van der Waals surface area contributed by atoms with Gasteiger partial charge in [0.05, 0.1) is 40.2 Å². The van der Waals surface area contributed by atoms with Crippen molar-refractivity contribution in [2.75, 3.05) is 33.8 Å². The molecule has 0 N–H and O–H groups in total. The van der Waals surface area contributed by atoms with Gasteiger partial charge in [-0.25, -0.2) is 0 Å². The van der Waals surface area contributed by atoms with Gasteiger partial charge in [-0.2, -0.15) is 0 Å². The molecule has 72 valence electrons. The smallest absolute Gasteiger partial charge is 0.311 e. The van der Waals surface area contributed by atoms with Gasteiger partial charge in [0, 0.05) is 0 Å². The van der Waals surface area contributed by atoms with Gasteiger partial charge >= 0.3 is 5.97 Å². The first kappa shape index (κ1) is 11.4. The van der Waals surface area contributed by atoms with Crippen LogP contribution in [0.1, 0.15) is 20.3 Å². The lowest BCUT2D eigenvalue weighted by Crippen LogP contribution is -2.44. The summed E-state index contributed by atoms with van der Waals surface area (Å²) >= 11 is 0. The fraction of sp³-hybridized carbons (Fsp3) is 0.889. The molecule has 12 heavy (non-hydrogen) atoms. The Balaban J connectivity index is 3.80. The van der Waals surface area contributed by atoms with Crippen LogP contribution in [0, 0.1) is 0 Å². The van der Waals surface area contributed by atoms with Crippen LogP contribution in [0.5, 0.6) is 0 Å². The van der Waals surface area contributed by atoms with Gasteiger partial charge in [-0.1, -0.05) is 0 Å². The molecular formula is C9H20NO2+. The maximum atomic E-state index is 10.9. The molecule has 0 unspecified atom stereocenters. The molecule has 0 fully saturated rings. The Morgan fingerprint density at radius 2 is 1.83 bits per heavy atom. The Morgan fingerprint density at radius 1 is 1.33 bits per heavy atom. The summed E-state index contributed by atoms with van der Waals surface area (Å²) in [6.07, 6.45) is 0.522. The number of quaternary nitrogens is 1. The van der Waals surface area contributed by atoms with Crippen molar-refractivity contribution in [3.05, 3.63) is 0 Å². The largest absolute Gasteiger partial charge is 0.469 e. The number of carbonyl (C=O) groups is 1. The summed E-state index contributed by atoms with van der Waals surface area (Å²) in [6.45, 7) is 7.28. The van der Waals surface area contributed by atoms with E-state index >= 15 is 0 Å². The van der Waals surface area contributed by atoms with Crippen molar-refractivity contribution in [1.29, 1.82) is 0 Å². The van der Waals surface area contributed by atoms with Crippen molar-refractivity contribution < 1.29 is 14.0 Å². The SMILES string of the molecule is CC[N+](C)(CC)CCC(=O)OC. The monoisotopic (exact) mass is 174 g/mol. The Hall–Kier alpha value is -0.570. The number of hydrogen-bond donors (Lipinski definition) is 0. The Morgan fingerprint density at radius 3 is 2.17 bits per heavy atom. The first-order valence-electron chi connectivity index (χ1n) is 4.48. The average Bonchev–Trinajstić information content (AvgIpc) is 2.13. The first-order chi connectivity index (χ1) is 5.58. The zero-order valence-electron chi connectivity index (χ0n) is 8.59. The molecule has 0 aromatic heterocycles. The number of methoxy groups -OCH3 is 1. The standard InChI is InChI=1S/C9H20NO2/c1-5-10(3,6-2)8-7-9(11)12-4/h5-8H2,1-4H3/q+1. The van der Waals surface area contributed by atoms with Crippen LogP contribution in [-0.4, -0.2) is 44.2 Å². The van der Waals surface area contributed by atoms with Crippen LogP contribution in [0.2, 0.25) is 0 Å². The molecule has 0 saturated carbocycles. The third kappa shape index (κ3) is 3.72. The van der Waals surface area contributed by atoms with Crippen molar-refractivity contribution in [2.45, 2.75) is 20.3 Å². The van der Waals surface area contributed by atoms with Gasteiger partial charge in [0.25, 0.3) is 0 Å². The third-order valence-corrected chi connectivity index (χ3v) is 2.61. The van der Waals surface area contributed by atoms with Gasteiger partial charge in [0.15, 0.2) is 0 Å². The number of nitrogens with zero attached hydrogens (tertiary/aromatic N) is 1. The second-order valence-electron chi connectivity index (χ2n) is 3.30. The molecule has 0 rings (SSSR count). The summed E-state index contributed by atoms with van der Waals surface area (Å²) < 4.78 is 5.53. The van der Waals surface area contributed by atoms with E-state index in [0.29, 0.717) is 6.42 Å². The predicted molar refractivity (Wildman–Crippen MR) is 48.8 cm³/mol. The van der Waals surface area contributed by atoms with E-state index in [0.717, 1.165) is 24.1 Å². The van der Waals surface area contributed by atoms with E-state index in [9.17, 15) is 4.79 Å². The van der Waals surface area contributed by atoms with Crippen molar-refractivity contribution in [3.8, 4) is 0 Å². The minimum Gasteiger partial charge on any atom is -0.469 e. The van der Waals surface area contributed by atoms with Crippen molar-refractivity contribution in [3.63, 3.8) is 0 Å². The number of esters is 1. The van der Waals surface area contributed by atoms with Gasteiger partial charge in [-0.05, 0) is 13.8 Å². The number of rotatable bonds is 5. The van der Waals surface area contributed by atoms with Crippen LogP contribution < -0.4 is 0 Å². The zero-order chi connectivity index (χ0) is 9.61. The van der Waals surface area contributed by atoms with E-state index in [1.807, 2.05) is 0 Å². The maximum Gasteiger partial charge on any atom is 0.311 e. The molecule has 0 aliphatic carbocycles. The van der Waals surface area contributed by atoms with E-state index in [1.54, 1.807) is 0 Å². The van der Waals surface area contributed by atoms with Crippen LogP contribution in [0.4, 0.5) is 0 Å². The second-order valence-corrected chi connectivity index (χ2v) is 3.30. The van der Waals surface area contributed by atoms with Gasteiger partial charge < -0.3 is 9.22 Å². The van der Waals surface area contributed by atoms with E-state index in [1.165, 1.54) is 7.11 Å². The van der Waals surface area contributed by atoms with E-state index in [4.69, 9.17) is 0 Å². The molecular weight excluding hydrogens is 154 g/mol. The summed E-state index contributed by atoms with van der Waals surface area (Å²) in [4.78, 5) is 10.9. The molecule has 0 spiro atoms. The molecule has 3 nitrogen and oxygen atoms in total. The highest BCUT2D eigenvalue weighted by Gasteiger charge is 2.17. The summed E-state index contributed by atoms with van der Waals surface area (Å²) in [5.41, 5.74) is 0.